The summed E-state index contributed by atoms with van der Waals surface area (Å²) in [6.07, 6.45) is 1.58. The number of nitrogens with one attached hydrogen (secondary N) is 2. The van der Waals surface area contributed by atoms with E-state index in [1.54, 1.807) is 38.1 Å². The van der Waals surface area contributed by atoms with E-state index in [-0.39, 0.29) is 30.6 Å². The standard InChI is InChI=1S/C21H24N6O5/c1-4-10-31-21(30)27-12-17(23-13(27)2)25-18(28)8-9-22-20(29)16-7-5-6-15(11-16)19-24-14(3)32-26-19/h5-7,11-12H,4,8-10H2,1-3H3,(H,22,29)(H,25,28). The quantitative estimate of drug-likeness (QED) is 0.545. The molecule has 11 nitrogen and oxygen atoms in total. The lowest BCUT2D eigenvalue weighted by Gasteiger charge is -2.06. The van der Waals surface area contributed by atoms with Crippen LogP contribution in [0, 0.1) is 13.8 Å². The molecule has 0 bridgehead atoms. The maximum Gasteiger partial charge on any atom is 0.419 e. The number of carbonyl (C=O) groups excluding carboxylic acids is 3. The molecule has 3 rings (SSSR count). The van der Waals surface area contributed by atoms with E-state index in [9.17, 15) is 14.4 Å². The number of rotatable bonds is 8. The average Bonchev–Trinajstić information content (AvgIpc) is 3.37. The molecule has 2 amide bonds. The molecule has 2 heterocycles. The summed E-state index contributed by atoms with van der Waals surface area (Å²) in [6.45, 7) is 5.63. The number of hydrogen-bond donors (Lipinski definition) is 2. The molecule has 0 atom stereocenters. The van der Waals surface area contributed by atoms with Gasteiger partial charge >= 0.3 is 6.09 Å². The second-order valence-electron chi connectivity index (χ2n) is 6.93. The topological polar surface area (TPSA) is 141 Å². The Hall–Kier alpha value is -4.02. The lowest BCUT2D eigenvalue weighted by Crippen LogP contribution is -2.27. The molecule has 2 aromatic heterocycles. The first-order valence-electron chi connectivity index (χ1n) is 10.1. The van der Waals surface area contributed by atoms with Gasteiger partial charge in [0.25, 0.3) is 5.91 Å². The monoisotopic (exact) mass is 440 g/mol. The fraction of sp³-hybridized carbons (Fsp3) is 0.333. The van der Waals surface area contributed by atoms with Crippen LogP contribution in [0.3, 0.4) is 0 Å². The highest BCUT2D eigenvalue weighted by Crippen LogP contribution is 2.17. The third-order valence-corrected chi connectivity index (χ3v) is 4.32. The molecule has 2 N–H and O–H groups in total. The Morgan fingerprint density at radius 2 is 2.00 bits per heavy atom. The Kier molecular flexibility index (Phi) is 7.32. The largest absolute Gasteiger partial charge is 0.449 e. The van der Waals surface area contributed by atoms with Crippen molar-refractivity contribution in [2.24, 2.45) is 0 Å². The highest BCUT2D eigenvalue weighted by molar-refractivity contribution is 5.96. The smallest absolute Gasteiger partial charge is 0.419 e. The Labute approximate surface area is 184 Å². The molecule has 0 aliphatic heterocycles. The number of amides is 2. The maximum absolute atomic E-state index is 12.4. The Bertz CT molecular complexity index is 1120. The van der Waals surface area contributed by atoms with Gasteiger partial charge in [-0.15, -0.1) is 0 Å². The molecule has 0 saturated heterocycles. The Morgan fingerprint density at radius 1 is 1.19 bits per heavy atom. The Balaban J connectivity index is 1.50. The predicted octanol–water partition coefficient (Wildman–Crippen LogP) is 2.70. The van der Waals surface area contributed by atoms with Crippen molar-refractivity contribution in [2.75, 3.05) is 18.5 Å². The number of imidazole rings is 1. The number of aryl methyl sites for hydroxylation is 2. The van der Waals surface area contributed by atoms with E-state index < -0.39 is 6.09 Å². The maximum atomic E-state index is 12.4. The zero-order valence-corrected chi connectivity index (χ0v) is 18.0. The minimum Gasteiger partial charge on any atom is -0.449 e. The van der Waals surface area contributed by atoms with Crippen LogP contribution in [-0.4, -0.2) is 50.8 Å². The summed E-state index contributed by atoms with van der Waals surface area (Å²) >= 11 is 0. The van der Waals surface area contributed by atoms with E-state index in [4.69, 9.17) is 9.26 Å². The van der Waals surface area contributed by atoms with Crippen molar-refractivity contribution in [1.29, 1.82) is 0 Å². The minimum atomic E-state index is -0.553. The van der Waals surface area contributed by atoms with Gasteiger partial charge in [-0.3, -0.25) is 9.59 Å². The summed E-state index contributed by atoms with van der Waals surface area (Å²) in [5, 5.41) is 9.14. The molecule has 0 radical (unpaired) electrons. The summed E-state index contributed by atoms with van der Waals surface area (Å²) in [5.74, 6) is 0.761. The number of carbonyl (C=O) groups is 3. The lowest BCUT2D eigenvalue weighted by molar-refractivity contribution is -0.116. The van der Waals surface area contributed by atoms with Crippen molar-refractivity contribution < 1.29 is 23.6 Å². The number of anilines is 1. The van der Waals surface area contributed by atoms with Gasteiger partial charge in [0.1, 0.15) is 5.82 Å². The van der Waals surface area contributed by atoms with Gasteiger partial charge in [-0.2, -0.15) is 4.98 Å². The van der Waals surface area contributed by atoms with Crippen LogP contribution in [0.1, 0.15) is 41.8 Å². The van der Waals surface area contributed by atoms with E-state index in [1.165, 1.54) is 10.8 Å². The van der Waals surface area contributed by atoms with Crippen molar-refractivity contribution in [2.45, 2.75) is 33.6 Å². The number of aromatic nitrogens is 4. The second kappa shape index (κ2) is 10.3. The third-order valence-electron chi connectivity index (χ3n) is 4.32. The molecule has 1 aromatic carbocycles. The van der Waals surface area contributed by atoms with Gasteiger partial charge in [0.05, 0.1) is 12.8 Å². The van der Waals surface area contributed by atoms with E-state index in [2.05, 4.69) is 25.8 Å². The molecule has 11 heteroatoms. The zero-order chi connectivity index (χ0) is 23.1. The van der Waals surface area contributed by atoms with Crippen LogP contribution in [-0.2, 0) is 9.53 Å². The molecular formula is C21H24N6O5. The zero-order valence-electron chi connectivity index (χ0n) is 18.0. The normalized spacial score (nSPS) is 10.6. The minimum absolute atomic E-state index is 0.0294. The first kappa shape index (κ1) is 22.7. The number of nitrogens with zero attached hydrogens (tertiary/aromatic N) is 4. The van der Waals surface area contributed by atoms with Crippen molar-refractivity contribution in [1.82, 2.24) is 25.0 Å². The summed E-state index contributed by atoms with van der Waals surface area (Å²) < 4.78 is 11.2. The van der Waals surface area contributed by atoms with Crippen LogP contribution in [0.25, 0.3) is 11.4 Å². The number of ether oxygens (including phenoxy) is 1. The van der Waals surface area contributed by atoms with Gasteiger partial charge in [-0.05, 0) is 25.5 Å². The molecule has 0 fully saturated rings. The first-order valence-corrected chi connectivity index (χ1v) is 10.1. The van der Waals surface area contributed by atoms with E-state index in [1.807, 2.05) is 6.92 Å². The van der Waals surface area contributed by atoms with E-state index >= 15 is 0 Å². The molecular weight excluding hydrogens is 416 g/mol. The van der Waals surface area contributed by atoms with Crippen molar-refractivity contribution in [3.63, 3.8) is 0 Å². The average molecular weight is 440 g/mol. The highest BCUT2D eigenvalue weighted by atomic mass is 16.5. The fourth-order valence-corrected chi connectivity index (χ4v) is 2.79. The van der Waals surface area contributed by atoms with Gasteiger partial charge < -0.3 is 19.9 Å². The van der Waals surface area contributed by atoms with E-state index in [0.717, 1.165) is 0 Å². The highest BCUT2D eigenvalue weighted by Gasteiger charge is 2.14. The van der Waals surface area contributed by atoms with Crippen LogP contribution < -0.4 is 10.6 Å². The lowest BCUT2D eigenvalue weighted by atomic mass is 10.1. The summed E-state index contributed by atoms with van der Waals surface area (Å²) in [5.41, 5.74) is 1.06. The van der Waals surface area contributed by atoms with Crippen LogP contribution >= 0.6 is 0 Å². The molecule has 0 unspecified atom stereocenters. The van der Waals surface area contributed by atoms with Crippen LogP contribution in [0.4, 0.5) is 10.6 Å². The van der Waals surface area contributed by atoms with Gasteiger partial charge in [0.15, 0.2) is 5.82 Å². The molecule has 32 heavy (non-hydrogen) atoms. The van der Waals surface area contributed by atoms with Gasteiger partial charge in [0, 0.05) is 31.0 Å². The molecule has 0 aliphatic carbocycles. The van der Waals surface area contributed by atoms with E-state index in [0.29, 0.717) is 41.7 Å². The van der Waals surface area contributed by atoms with Crippen LogP contribution in [0.2, 0.25) is 0 Å². The van der Waals surface area contributed by atoms with Crippen molar-refractivity contribution in [3.05, 3.63) is 47.7 Å². The van der Waals surface area contributed by atoms with Crippen molar-refractivity contribution >= 4 is 23.7 Å². The first-order chi connectivity index (χ1) is 15.4. The van der Waals surface area contributed by atoms with Gasteiger partial charge in [-0.25, -0.2) is 14.3 Å². The fourth-order valence-electron chi connectivity index (χ4n) is 2.79. The SMILES string of the molecule is CCCOC(=O)n1cc(NC(=O)CCNC(=O)c2cccc(-c3noc(C)n3)c2)nc1C. The summed E-state index contributed by atoms with van der Waals surface area (Å²) in [4.78, 5) is 44.8. The second-order valence-corrected chi connectivity index (χ2v) is 6.93. The number of hydrogen-bond acceptors (Lipinski definition) is 8. The van der Waals surface area contributed by atoms with Crippen LogP contribution in [0.15, 0.2) is 35.0 Å². The molecule has 0 spiro atoms. The molecule has 0 saturated carbocycles. The van der Waals surface area contributed by atoms with Gasteiger partial charge in [-0.1, -0.05) is 24.2 Å². The predicted molar refractivity (Wildman–Crippen MR) is 114 cm³/mol. The number of benzene rings is 1. The van der Waals surface area contributed by atoms with Crippen molar-refractivity contribution in [3.8, 4) is 11.4 Å². The Morgan fingerprint density at radius 3 is 2.72 bits per heavy atom. The molecule has 168 valence electrons. The molecule has 3 aromatic rings. The molecule has 0 aliphatic rings. The third kappa shape index (κ3) is 5.78. The summed E-state index contributed by atoms with van der Waals surface area (Å²) in [6, 6.07) is 6.78. The van der Waals surface area contributed by atoms with Crippen LogP contribution in [0.5, 0.6) is 0 Å². The summed E-state index contributed by atoms with van der Waals surface area (Å²) in [7, 11) is 0. The van der Waals surface area contributed by atoms with Gasteiger partial charge in [0.2, 0.25) is 17.6 Å².